The molecule has 0 radical (unpaired) electrons. The van der Waals surface area contributed by atoms with Crippen molar-refractivity contribution < 1.29 is 18.9 Å². The van der Waals surface area contributed by atoms with Crippen LogP contribution >= 0.6 is 26.8 Å². The van der Waals surface area contributed by atoms with E-state index in [0.717, 1.165) is 6.42 Å². The molecule has 0 N–H and O–H groups in total. The molecule has 0 spiro atoms. The smallest absolute Gasteiger partial charge is 0.309 e. The number of nitrogens with zero attached hydrogens (tertiary/aromatic N) is 3. The summed E-state index contributed by atoms with van der Waals surface area (Å²) in [5.41, 5.74) is 0. The van der Waals surface area contributed by atoms with E-state index in [4.69, 9.17) is 9.79 Å². The van der Waals surface area contributed by atoms with Gasteiger partial charge in [-0.3, -0.25) is 14.4 Å². The summed E-state index contributed by atoms with van der Waals surface area (Å²) in [5.74, 6) is -1.44. The zero-order valence-electron chi connectivity index (χ0n) is 11.9. The molecule has 7 nitrogen and oxygen atoms in total. The zero-order chi connectivity index (χ0) is 16.3. The molecule has 2 aliphatic heterocycles. The Morgan fingerprint density at radius 3 is 2.86 bits per heavy atom. The Hall–Kier alpha value is -0.810. The molecule has 3 unspecified atom stereocenters. The van der Waals surface area contributed by atoms with Gasteiger partial charge in [-0.05, 0) is 28.7 Å². The summed E-state index contributed by atoms with van der Waals surface area (Å²) < 4.78 is 6.17. The predicted octanol–water partition coefficient (Wildman–Crippen LogP) is 0.825. The van der Waals surface area contributed by atoms with Crippen molar-refractivity contribution in [2.24, 2.45) is 5.92 Å². The first-order valence-electron chi connectivity index (χ1n) is 6.92. The van der Waals surface area contributed by atoms with E-state index in [1.807, 2.05) is 0 Å². The van der Waals surface area contributed by atoms with E-state index in [1.165, 1.54) is 4.67 Å². The summed E-state index contributed by atoms with van der Waals surface area (Å²) in [5, 5.41) is 9.08. The molecule has 10 heteroatoms. The van der Waals surface area contributed by atoms with Gasteiger partial charge in [-0.1, -0.05) is 8.93 Å². The molecule has 2 saturated heterocycles. The highest BCUT2D eigenvalue weighted by atomic mass is 32.0. The molecule has 0 aromatic carbocycles. The molecule has 6 atom stereocenters. The summed E-state index contributed by atoms with van der Waals surface area (Å²) in [6.07, 6.45) is 1.73. The van der Waals surface area contributed by atoms with Crippen LogP contribution in [0.3, 0.4) is 0 Å². The highest BCUT2D eigenvalue weighted by molar-refractivity contribution is 8.00. The van der Waals surface area contributed by atoms with Gasteiger partial charge < -0.3 is 14.1 Å². The second-order valence-electron chi connectivity index (χ2n) is 5.31. The molecule has 0 bridgehead atoms. The van der Waals surface area contributed by atoms with Gasteiger partial charge in [0.25, 0.3) is 0 Å². The van der Waals surface area contributed by atoms with Crippen LogP contribution in [0, 0.1) is 17.2 Å². The predicted molar refractivity (Wildman–Crippen MR) is 87.5 cm³/mol. The Labute approximate surface area is 135 Å². The molecular formula is C12H18N3O4P3. The maximum absolute atomic E-state index is 12.6. The summed E-state index contributed by atoms with van der Waals surface area (Å²) in [6, 6.07) is 1.09. The van der Waals surface area contributed by atoms with E-state index in [1.54, 1.807) is 4.90 Å². The lowest BCUT2D eigenvalue weighted by molar-refractivity contribution is -0.139. The summed E-state index contributed by atoms with van der Waals surface area (Å²) >= 11 is 0. The normalized spacial score (nSPS) is 28.4. The van der Waals surface area contributed by atoms with E-state index in [9.17, 15) is 14.4 Å². The zero-order valence-corrected chi connectivity index (χ0v) is 15.2. The number of likely N-dealkylation sites (tertiary alicyclic amines) is 1. The lowest BCUT2D eigenvalue weighted by Crippen LogP contribution is -2.45. The van der Waals surface area contributed by atoms with Gasteiger partial charge in [0.2, 0.25) is 11.8 Å². The minimum absolute atomic E-state index is 0.0173. The van der Waals surface area contributed by atoms with Gasteiger partial charge in [0.15, 0.2) is 0 Å². The number of hydrogen-bond acceptors (Lipinski definition) is 5. The van der Waals surface area contributed by atoms with Gasteiger partial charge in [0, 0.05) is 6.54 Å². The lowest BCUT2D eigenvalue weighted by atomic mass is 10.0. The van der Waals surface area contributed by atoms with Gasteiger partial charge in [-0.15, -0.1) is 0 Å². The van der Waals surface area contributed by atoms with E-state index in [-0.39, 0.29) is 33.2 Å². The number of rotatable bonds is 4. The maximum atomic E-state index is 12.6. The summed E-state index contributed by atoms with van der Waals surface area (Å²) in [7, 11) is 4.53. The van der Waals surface area contributed by atoms with Crippen molar-refractivity contribution in [3.8, 4) is 6.07 Å². The Balaban J connectivity index is 2.03. The molecule has 0 aliphatic carbocycles. The van der Waals surface area contributed by atoms with Crippen LogP contribution in [0.4, 0.5) is 0 Å². The van der Waals surface area contributed by atoms with Crippen molar-refractivity contribution in [1.29, 1.82) is 5.26 Å². The fraction of sp³-hybridized carbons (Fsp3) is 0.667. The lowest BCUT2D eigenvalue weighted by Gasteiger charge is -2.26. The molecule has 0 aromatic heterocycles. The minimum Gasteiger partial charge on any atom is -0.444 e. The second kappa shape index (κ2) is 7.64. The average molecular weight is 361 g/mol. The van der Waals surface area contributed by atoms with Gasteiger partial charge >= 0.3 is 5.97 Å². The van der Waals surface area contributed by atoms with Crippen LogP contribution in [-0.2, 0) is 18.9 Å². The third-order valence-corrected chi connectivity index (χ3v) is 5.32. The maximum Gasteiger partial charge on any atom is 0.309 e. The largest absolute Gasteiger partial charge is 0.444 e. The van der Waals surface area contributed by atoms with Crippen molar-refractivity contribution in [2.45, 2.75) is 37.8 Å². The van der Waals surface area contributed by atoms with E-state index in [0.29, 0.717) is 13.0 Å². The highest BCUT2D eigenvalue weighted by Gasteiger charge is 2.45. The van der Waals surface area contributed by atoms with Gasteiger partial charge in [-0.2, -0.15) is 5.26 Å². The molecule has 22 heavy (non-hydrogen) atoms. The van der Waals surface area contributed by atoms with Crippen molar-refractivity contribution in [1.82, 2.24) is 9.57 Å². The molecule has 2 rings (SSSR count). The minimum atomic E-state index is -0.622. The molecule has 2 amide bonds. The standard InChI is InChI=1S/C12H18N3O4P3/c13-6-8-2-1-3-14(8)12(18)9-4-7(11(17)15(9)20)5-10(16)19-22-21/h7-9,22H,1-5,20-21H2/t7-,8-,9-/m0/s1. The molecule has 0 aromatic rings. The SMILES string of the molecule is N#C[C@@H]1CCCN1C(=O)[C@@H]1C[C@@H](CC(=O)OPP)C(=O)N1P. The number of amides is 2. The topological polar surface area (TPSA) is 90.7 Å². The molecular weight excluding hydrogens is 343 g/mol. The second-order valence-corrected chi connectivity index (χ2v) is 7.01. The Kier molecular flexibility index (Phi) is 6.09. The molecule has 2 aliphatic rings. The van der Waals surface area contributed by atoms with Gasteiger partial charge in [0.05, 0.1) is 26.9 Å². The van der Waals surface area contributed by atoms with E-state index in [2.05, 4.69) is 24.4 Å². The van der Waals surface area contributed by atoms with Crippen LogP contribution in [-0.4, -0.2) is 46.0 Å². The summed E-state index contributed by atoms with van der Waals surface area (Å²) in [6.45, 7) is 0.543. The van der Waals surface area contributed by atoms with Crippen molar-refractivity contribution in [3.63, 3.8) is 0 Å². The van der Waals surface area contributed by atoms with Crippen molar-refractivity contribution in [3.05, 3.63) is 0 Å². The van der Waals surface area contributed by atoms with Crippen LogP contribution in [0.1, 0.15) is 25.7 Å². The Bertz CT molecular complexity index is 524. The van der Waals surface area contributed by atoms with E-state index < -0.39 is 24.0 Å². The number of hydrogen-bond donors (Lipinski definition) is 0. The Morgan fingerprint density at radius 1 is 1.50 bits per heavy atom. The highest BCUT2D eigenvalue weighted by Crippen LogP contribution is 2.34. The van der Waals surface area contributed by atoms with Crippen LogP contribution < -0.4 is 0 Å². The molecule has 0 saturated carbocycles. The van der Waals surface area contributed by atoms with Crippen LogP contribution in [0.5, 0.6) is 0 Å². The summed E-state index contributed by atoms with van der Waals surface area (Å²) in [4.78, 5) is 37.8. The first-order valence-corrected chi connectivity index (χ1v) is 10.2. The monoisotopic (exact) mass is 361 g/mol. The number of carbonyl (C=O) groups excluding carboxylic acids is 3. The van der Waals surface area contributed by atoms with Crippen LogP contribution in [0.15, 0.2) is 0 Å². The molecule has 2 heterocycles. The number of nitriles is 1. The van der Waals surface area contributed by atoms with E-state index >= 15 is 0 Å². The Morgan fingerprint density at radius 2 is 2.23 bits per heavy atom. The third-order valence-electron chi connectivity index (χ3n) is 4.00. The van der Waals surface area contributed by atoms with Crippen molar-refractivity contribution >= 4 is 44.6 Å². The van der Waals surface area contributed by atoms with Crippen molar-refractivity contribution in [2.75, 3.05) is 6.54 Å². The molecule has 2 fully saturated rings. The quantitative estimate of drug-likeness (QED) is 0.692. The van der Waals surface area contributed by atoms with Crippen LogP contribution in [0.25, 0.3) is 0 Å². The average Bonchev–Trinajstić information content (AvgIpc) is 3.07. The fourth-order valence-corrected chi connectivity index (χ4v) is 3.97. The third kappa shape index (κ3) is 3.57. The van der Waals surface area contributed by atoms with Gasteiger partial charge in [0.1, 0.15) is 12.1 Å². The molecule has 120 valence electrons. The number of carbonyl (C=O) groups is 3. The first kappa shape index (κ1) is 17.5. The van der Waals surface area contributed by atoms with Crippen LogP contribution in [0.2, 0.25) is 0 Å². The van der Waals surface area contributed by atoms with Gasteiger partial charge in [-0.25, -0.2) is 0 Å². The first-order chi connectivity index (χ1) is 10.5. The fourth-order valence-electron chi connectivity index (χ4n) is 2.90.